The lowest BCUT2D eigenvalue weighted by molar-refractivity contribution is -0.113. The molecule has 82 valence electrons. The normalized spacial score (nSPS) is 12.1. The third kappa shape index (κ3) is 3.33. The van der Waals surface area contributed by atoms with Gasteiger partial charge in [0.2, 0.25) is 0 Å². The van der Waals surface area contributed by atoms with E-state index < -0.39 is 5.97 Å². The van der Waals surface area contributed by atoms with Crippen molar-refractivity contribution in [1.29, 1.82) is 0 Å². The van der Waals surface area contributed by atoms with Gasteiger partial charge in [0, 0.05) is 6.08 Å². The third-order valence-electron chi connectivity index (χ3n) is 1.57. The van der Waals surface area contributed by atoms with Gasteiger partial charge in [0.15, 0.2) is 0 Å². The number of benzene rings is 1. The van der Waals surface area contributed by atoms with Gasteiger partial charge in [-0.2, -0.15) is 5.11 Å². The van der Waals surface area contributed by atoms with Crippen LogP contribution in [0.2, 0.25) is 0 Å². The number of para-hydroxylation sites is 1. The summed E-state index contributed by atoms with van der Waals surface area (Å²) in [5.74, 6) is -1.58. The molecule has 2 rings (SSSR count). The summed E-state index contributed by atoms with van der Waals surface area (Å²) >= 11 is 0. The van der Waals surface area contributed by atoms with E-state index in [0.717, 1.165) is 0 Å². The van der Waals surface area contributed by atoms with E-state index >= 15 is 0 Å². The van der Waals surface area contributed by atoms with E-state index in [2.05, 4.69) is 10.2 Å². The van der Waals surface area contributed by atoms with Crippen LogP contribution < -0.4 is 0 Å². The summed E-state index contributed by atoms with van der Waals surface area (Å²) in [7, 11) is 0. The van der Waals surface area contributed by atoms with E-state index in [1.165, 1.54) is 24.4 Å². The van der Waals surface area contributed by atoms with Gasteiger partial charge in [-0.3, -0.25) is 4.79 Å². The molecular weight excluding hydrogens is 212 g/mol. The zero-order chi connectivity index (χ0) is 12.0. The Kier molecular flexibility index (Phi) is 3.90. The van der Waals surface area contributed by atoms with Gasteiger partial charge < -0.3 is 10.2 Å². The lowest BCUT2D eigenvalue weighted by Gasteiger charge is -1.95. The number of hydrogen-bond donors (Lipinski definition) is 2. The number of carboxylic acid groups (broad SMARTS) is 1. The van der Waals surface area contributed by atoms with Gasteiger partial charge in [-0.05, 0) is 12.1 Å². The lowest BCUT2D eigenvalue weighted by atomic mass is 10.2. The molecule has 0 spiro atoms. The predicted octanol–water partition coefficient (Wildman–Crippen LogP) is 1.58. The predicted molar refractivity (Wildman–Crippen MR) is 54.1 cm³/mol. The van der Waals surface area contributed by atoms with Gasteiger partial charge in [0.05, 0.1) is 6.20 Å². The average Bonchev–Trinajstić information content (AvgIpc) is 2.70. The molecule has 0 unspecified atom stereocenters. The standard InChI is InChI=1S/C7H6O3.C3H2N2O/c8-6-4-2-1-3-5(6)7(9)10;6-3-1-2-4-5-3/h1-4,8H,(H,9,10);1-2H. The van der Waals surface area contributed by atoms with E-state index in [9.17, 15) is 9.59 Å². The highest BCUT2D eigenvalue weighted by Crippen LogP contribution is 2.14. The lowest BCUT2D eigenvalue weighted by Crippen LogP contribution is -1.95. The highest BCUT2D eigenvalue weighted by molar-refractivity contribution is 5.90. The quantitative estimate of drug-likeness (QED) is 0.750. The van der Waals surface area contributed by atoms with Crippen LogP contribution in [-0.2, 0) is 4.79 Å². The Bertz CT molecular complexity index is 452. The summed E-state index contributed by atoms with van der Waals surface area (Å²) < 4.78 is 0. The summed E-state index contributed by atoms with van der Waals surface area (Å²) in [6.07, 6.45) is 2.67. The highest BCUT2D eigenvalue weighted by atomic mass is 16.4. The van der Waals surface area contributed by atoms with E-state index in [4.69, 9.17) is 10.2 Å². The Labute approximate surface area is 90.6 Å². The van der Waals surface area contributed by atoms with Crippen molar-refractivity contribution in [3.8, 4) is 5.75 Å². The van der Waals surface area contributed by atoms with Gasteiger partial charge in [-0.25, -0.2) is 4.79 Å². The molecule has 2 N–H and O–H groups in total. The number of nitrogens with zero attached hydrogens (tertiary/aromatic N) is 2. The van der Waals surface area contributed by atoms with E-state index in [-0.39, 0.29) is 17.2 Å². The van der Waals surface area contributed by atoms with Crippen LogP contribution in [0.1, 0.15) is 10.4 Å². The minimum absolute atomic E-state index is 0.0671. The third-order valence-corrected chi connectivity index (χ3v) is 1.57. The van der Waals surface area contributed by atoms with Crippen molar-refractivity contribution in [2.75, 3.05) is 0 Å². The van der Waals surface area contributed by atoms with Crippen LogP contribution in [0.5, 0.6) is 5.75 Å². The van der Waals surface area contributed by atoms with E-state index in [1.807, 2.05) is 0 Å². The Balaban J connectivity index is 0.000000181. The van der Waals surface area contributed by atoms with Crippen molar-refractivity contribution in [2.24, 2.45) is 10.2 Å². The first kappa shape index (κ1) is 11.6. The minimum atomic E-state index is -1.11. The summed E-state index contributed by atoms with van der Waals surface area (Å²) in [6.45, 7) is 0. The van der Waals surface area contributed by atoms with Crippen molar-refractivity contribution in [3.63, 3.8) is 0 Å². The number of hydrogen-bond acceptors (Lipinski definition) is 4. The number of amides is 1. The second kappa shape index (κ2) is 5.40. The summed E-state index contributed by atoms with van der Waals surface area (Å²) in [6, 6.07) is 5.81. The van der Waals surface area contributed by atoms with Crippen molar-refractivity contribution in [3.05, 3.63) is 42.1 Å². The molecule has 0 radical (unpaired) electrons. The molecule has 0 atom stereocenters. The van der Waals surface area contributed by atoms with Gasteiger partial charge >= 0.3 is 5.97 Å². The zero-order valence-corrected chi connectivity index (χ0v) is 8.07. The van der Waals surface area contributed by atoms with Crippen LogP contribution in [0.25, 0.3) is 0 Å². The van der Waals surface area contributed by atoms with Crippen LogP contribution in [0.15, 0.2) is 46.8 Å². The maximum atomic E-state index is 10.3. The largest absolute Gasteiger partial charge is 0.507 e. The molecule has 1 aromatic carbocycles. The van der Waals surface area contributed by atoms with Crippen LogP contribution >= 0.6 is 0 Å². The SMILES string of the molecule is O=C(O)c1ccccc1O.O=C1C=CN=N1. The first-order valence-electron chi connectivity index (χ1n) is 4.24. The molecule has 0 saturated carbocycles. The van der Waals surface area contributed by atoms with Gasteiger partial charge in [0.25, 0.3) is 5.91 Å². The second-order valence-corrected chi connectivity index (χ2v) is 2.69. The Hall–Kier alpha value is -2.50. The summed E-state index contributed by atoms with van der Waals surface area (Å²) in [5, 5.41) is 23.7. The Morgan fingerprint density at radius 1 is 1.25 bits per heavy atom. The molecule has 6 nitrogen and oxygen atoms in total. The number of carbonyl (C=O) groups is 2. The van der Waals surface area contributed by atoms with Gasteiger partial charge in [-0.1, -0.05) is 12.1 Å². The molecule has 6 heteroatoms. The molecular formula is C10H8N2O4. The molecule has 0 fully saturated rings. The average molecular weight is 220 g/mol. The molecule has 1 aliphatic heterocycles. The van der Waals surface area contributed by atoms with Gasteiger partial charge in [-0.15, -0.1) is 5.11 Å². The van der Waals surface area contributed by atoms with Crippen LogP contribution in [0, 0.1) is 0 Å². The molecule has 0 bridgehead atoms. The molecule has 16 heavy (non-hydrogen) atoms. The van der Waals surface area contributed by atoms with E-state index in [1.54, 1.807) is 12.1 Å². The minimum Gasteiger partial charge on any atom is -0.507 e. The number of azo groups is 1. The molecule has 0 aromatic heterocycles. The number of rotatable bonds is 1. The van der Waals surface area contributed by atoms with Crippen molar-refractivity contribution in [1.82, 2.24) is 0 Å². The van der Waals surface area contributed by atoms with Crippen LogP contribution in [0.4, 0.5) is 0 Å². The monoisotopic (exact) mass is 220 g/mol. The Morgan fingerprint density at radius 3 is 2.25 bits per heavy atom. The molecule has 1 aromatic rings. The molecule has 1 heterocycles. The van der Waals surface area contributed by atoms with Crippen molar-refractivity contribution < 1.29 is 19.8 Å². The number of aromatic carboxylic acids is 1. The number of carboxylic acids is 1. The molecule has 0 saturated heterocycles. The van der Waals surface area contributed by atoms with E-state index in [0.29, 0.717) is 0 Å². The highest BCUT2D eigenvalue weighted by Gasteiger charge is 2.05. The molecule has 1 aliphatic rings. The summed E-state index contributed by atoms with van der Waals surface area (Å²) in [4.78, 5) is 20.2. The van der Waals surface area contributed by atoms with Gasteiger partial charge in [0.1, 0.15) is 11.3 Å². The summed E-state index contributed by atoms with van der Waals surface area (Å²) in [5.41, 5.74) is -0.0671. The maximum Gasteiger partial charge on any atom is 0.339 e. The smallest absolute Gasteiger partial charge is 0.339 e. The second-order valence-electron chi connectivity index (χ2n) is 2.69. The molecule has 1 amide bonds. The fourth-order valence-corrected chi connectivity index (χ4v) is 0.875. The van der Waals surface area contributed by atoms with Crippen LogP contribution in [-0.4, -0.2) is 22.1 Å². The number of phenols is 1. The number of aromatic hydroxyl groups is 1. The van der Waals surface area contributed by atoms with Crippen LogP contribution in [0.3, 0.4) is 0 Å². The zero-order valence-electron chi connectivity index (χ0n) is 8.07. The molecule has 0 aliphatic carbocycles. The first-order chi connectivity index (χ1) is 7.61. The topological polar surface area (TPSA) is 99.3 Å². The number of carbonyl (C=O) groups excluding carboxylic acids is 1. The fraction of sp³-hybridized carbons (Fsp3) is 0. The van der Waals surface area contributed by atoms with Crippen molar-refractivity contribution in [2.45, 2.75) is 0 Å². The fourth-order valence-electron chi connectivity index (χ4n) is 0.875. The maximum absolute atomic E-state index is 10.3. The Morgan fingerprint density at radius 2 is 1.94 bits per heavy atom. The van der Waals surface area contributed by atoms with Crippen molar-refractivity contribution >= 4 is 11.9 Å². The first-order valence-corrected chi connectivity index (χ1v) is 4.24.